The minimum atomic E-state index is -1.18. The standard InChI is InChI=1S/C15H19F2N3O3/c16-10-5-4-9(7-11(10)17)13(21)8-19-15(23)20-12-3-1-2-6-18-14(12)22/h4-5,7,12-13,21H,1-3,6,8H2,(H,18,22)(H2,19,20,23)/t12-,13+/m0/s1. The second-order valence-electron chi connectivity index (χ2n) is 5.38. The lowest BCUT2D eigenvalue weighted by Crippen LogP contribution is -2.49. The van der Waals surface area contributed by atoms with Gasteiger partial charge in [-0.3, -0.25) is 4.79 Å². The van der Waals surface area contributed by atoms with Crippen LogP contribution in [-0.4, -0.2) is 36.2 Å². The van der Waals surface area contributed by atoms with Gasteiger partial charge in [0.05, 0.1) is 6.10 Å². The third kappa shape index (κ3) is 4.88. The molecular formula is C15H19F2N3O3. The van der Waals surface area contributed by atoms with Crippen molar-refractivity contribution in [2.75, 3.05) is 13.1 Å². The number of rotatable bonds is 4. The van der Waals surface area contributed by atoms with Crippen molar-refractivity contribution in [3.63, 3.8) is 0 Å². The lowest BCUT2D eigenvalue weighted by molar-refractivity contribution is -0.122. The molecule has 1 aliphatic rings. The fraction of sp³-hybridized carbons (Fsp3) is 0.467. The van der Waals surface area contributed by atoms with Crippen molar-refractivity contribution in [1.29, 1.82) is 0 Å². The quantitative estimate of drug-likeness (QED) is 0.664. The van der Waals surface area contributed by atoms with E-state index >= 15 is 0 Å². The molecule has 4 N–H and O–H groups in total. The molecular weight excluding hydrogens is 308 g/mol. The number of aliphatic hydroxyl groups is 1. The SMILES string of the molecule is O=C(NC[C@@H](O)c1ccc(F)c(F)c1)N[C@H]1CCCCNC1=O. The summed E-state index contributed by atoms with van der Waals surface area (Å²) in [6.45, 7) is 0.402. The summed E-state index contributed by atoms with van der Waals surface area (Å²) < 4.78 is 25.9. The molecule has 3 amide bonds. The molecule has 0 aliphatic carbocycles. The Labute approximate surface area is 132 Å². The largest absolute Gasteiger partial charge is 0.387 e. The molecule has 1 aromatic rings. The summed E-state index contributed by atoms with van der Waals surface area (Å²) in [7, 11) is 0. The number of halogens is 2. The lowest BCUT2D eigenvalue weighted by Gasteiger charge is -2.17. The van der Waals surface area contributed by atoms with Gasteiger partial charge in [0.1, 0.15) is 6.04 Å². The van der Waals surface area contributed by atoms with Crippen molar-refractivity contribution in [2.45, 2.75) is 31.4 Å². The number of aliphatic hydroxyl groups excluding tert-OH is 1. The summed E-state index contributed by atoms with van der Waals surface area (Å²) in [6, 6.07) is 1.80. The molecule has 0 spiro atoms. The number of hydrogen-bond donors (Lipinski definition) is 4. The zero-order valence-electron chi connectivity index (χ0n) is 12.4. The number of urea groups is 1. The monoisotopic (exact) mass is 327 g/mol. The van der Waals surface area contributed by atoms with Gasteiger partial charge in [-0.25, -0.2) is 13.6 Å². The van der Waals surface area contributed by atoms with Crippen LogP contribution in [0.2, 0.25) is 0 Å². The molecule has 1 aromatic carbocycles. The smallest absolute Gasteiger partial charge is 0.315 e. The summed E-state index contributed by atoms with van der Waals surface area (Å²) in [5.41, 5.74) is 0.149. The number of benzene rings is 1. The molecule has 126 valence electrons. The van der Waals surface area contributed by atoms with E-state index in [-0.39, 0.29) is 18.0 Å². The van der Waals surface area contributed by atoms with E-state index in [4.69, 9.17) is 0 Å². The van der Waals surface area contributed by atoms with Crippen LogP contribution in [0.4, 0.5) is 13.6 Å². The highest BCUT2D eigenvalue weighted by Gasteiger charge is 2.22. The van der Waals surface area contributed by atoms with E-state index in [0.29, 0.717) is 13.0 Å². The van der Waals surface area contributed by atoms with Crippen LogP contribution in [0.25, 0.3) is 0 Å². The van der Waals surface area contributed by atoms with Gasteiger partial charge in [0.25, 0.3) is 0 Å². The molecule has 1 saturated heterocycles. The van der Waals surface area contributed by atoms with Crippen molar-refractivity contribution >= 4 is 11.9 Å². The highest BCUT2D eigenvalue weighted by molar-refractivity contribution is 5.87. The molecule has 1 fully saturated rings. The maximum atomic E-state index is 13.1. The van der Waals surface area contributed by atoms with Gasteiger partial charge in [0.15, 0.2) is 11.6 Å². The van der Waals surface area contributed by atoms with Crippen LogP contribution in [0.3, 0.4) is 0 Å². The zero-order valence-corrected chi connectivity index (χ0v) is 12.4. The minimum Gasteiger partial charge on any atom is -0.387 e. The summed E-state index contributed by atoms with van der Waals surface area (Å²) in [4.78, 5) is 23.5. The minimum absolute atomic E-state index is 0.149. The lowest BCUT2D eigenvalue weighted by atomic mass is 10.1. The molecule has 8 heteroatoms. The molecule has 23 heavy (non-hydrogen) atoms. The maximum absolute atomic E-state index is 13.1. The molecule has 0 radical (unpaired) electrons. The maximum Gasteiger partial charge on any atom is 0.315 e. The summed E-state index contributed by atoms with van der Waals surface area (Å²) >= 11 is 0. The number of nitrogens with one attached hydrogen (secondary N) is 3. The first-order chi connectivity index (χ1) is 11.0. The topological polar surface area (TPSA) is 90.5 Å². The second-order valence-corrected chi connectivity index (χ2v) is 5.38. The number of carbonyl (C=O) groups is 2. The first-order valence-electron chi connectivity index (χ1n) is 7.42. The van der Waals surface area contributed by atoms with Gasteiger partial charge in [0.2, 0.25) is 5.91 Å². The highest BCUT2D eigenvalue weighted by Crippen LogP contribution is 2.15. The van der Waals surface area contributed by atoms with Gasteiger partial charge in [-0.2, -0.15) is 0 Å². The van der Waals surface area contributed by atoms with Crippen LogP contribution in [0, 0.1) is 11.6 Å². The molecule has 2 rings (SSSR count). The molecule has 0 bridgehead atoms. The molecule has 1 heterocycles. The van der Waals surface area contributed by atoms with E-state index in [1.54, 1.807) is 0 Å². The Morgan fingerprint density at radius 3 is 2.87 bits per heavy atom. The molecule has 1 aliphatic heterocycles. The van der Waals surface area contributed by atoms with E-state index < -0.39 is 29.8 Å². The van der Waals surface area contributed by atoms with E-state index in [1.807, 2.05) is 0 Å². The number of hydrogen-bond acceptors (Lipinski definition) is 3. The Balaban J connectivity index is 1.83. The average molecular weight is 327 g/mol. The van der Waals surface area contributed by atoms with Crippen LogP contribution < -0.4 is 16.0 Å². The van der Waals surface area contributed by atoms with Crippen LogP contribution in [-0.2, 0) is 4.79 Å². The number of carbonyl (C=O) groups excluding carboxylic acids is 2. The summed E-state index contributed by atoms with van der Waals surface area (Å²) in [5.74, 6) is -2.31. The molecule has 0 unspecified atom stereocenters. The summed E-state index contributed by atoms with van der Waals surface area (Å²) in [5, 5.41) is 17.5. The third-order valence-electron chi connectivity index (χ3n) is 3.63. The van der Waals surface area contributed by atoms with Gasteiger partial charge in [-0.15, -0.1) is 0 Å². The zero-order chi connectivity index (χ0) is 16.8. The fourth-order valence-electron chi connectivity index (χ4n) is 2.31. The van der Waals surface area contributed by atoms with Gasteiger partial charge in [-0.1, -0.05) is 6.07 Å². The third-order valence-corrected chi connectivity index (χ3v) is 3.63. The van der Waals surface area contributed by atoms with Crippen LogP contribution in [0.1, 0.15) is 30.9 Å². The molecule has 2 atom stereocenters. The van der Waals surface area contributed by atoms with Crippen molar-refractivity contribution in [3.8, 4) is 0 Å². The van der Waals surface area contributed by atoms with E-state index in [9.17, 15) is 23.5 Å². The van der Waals surface area contributed by atoms with Crippen molar-refractivity contribution in [1.82, 2.24) is 16.0 Å². The Kier molecular flexibility index (Phi) is 5.86. The Morgan fingerprint density at radius 2 is 2.13 bits per heavy atom. The summed E-state index contributed by atoms with van der Waals surface area (Å²) in [6.07, 6.45) is 1.05. The van der Waals surface area contributed by atoms with Gasteiger partial charge < -0.3 is 21.1 Å². The van der Waals surface area contributed by atoms with Gasteiger partial charge in [0, 0.05) is 13.1 Å². The predicted molar refractivity (Wildman–Crippen MR) is 78.5 cm³/mol. The Hall–Kier alpha value is -2.22. The fourth-order valence-corrected chi connectivity index (χ4v) is 2.31. The molecule has 0 aromatic heterocycles. The molecule has 0 saturated carbocycles. The van der Waals surface area contributed by atoms with Crippen LogP contribution in [0.15, 0.2) is 18.2 Å². The van der Waals surface area contributed by atoms with E-state index in [0.717, 1.165) is 25.0 Å². The van der Waals surface area contributed by atoms with Crippen molar-refractivity contribution in [3.05, 3.63) is 35.4 Å². The second kappa shape index (κ2) is 7.87. The average Bonchev–Trinajstić information content (AvgIpc) is 2.72. The Bertz CT molecular complexity index is 583. The van der Waals surface area contributed by atoms with Crippen molar-refractivity contribution in [2.24, 2.45) is 0 Å². The first kappa shape index (κ1) is 17.1. The molecule has 6 nitrogen and oxygen atoms in total. The van der Waals surface area contributed by atoms with Crippen LogP contribution >= 0.6 is 0 Å². The van der Waals surface area contributed by atoms with Crippen LogP contribution in [0.5, 0.6) is 0 Å². The van der Waals surface area contributed by atoms with Crippen molar-refractivity contribution < 1.29 is 23.5 Å². The Morgan fingerprint density at radius 1 is 1.35 bits per heavy atom. The first-order valence-corrected chi connectivity index (χ1v) is 7.42. The predicted octanol–water partition coefficient (Wildman–Crippen LogP) is 0.966. The van der Waals surface area contributed by atoms with Gasteiger partial charge >= 0.3 is 6.03 Å². The number of amides is 3. The normalized spacial score (nSPS) is 19.4. The van der Waals surface area contributed by atoms with E-state index in [2.05, 4.69) is 16.0 Å². The van der Waals surface area contributed by atoms with E-state index in [1.165, 1.54) is 6.07 Å². The van der Waals surface area contributed by atoms with Gasteiger partial charge in [-0.05, 0) is 37.0 Å². The highest BCUT2D eigenvalue weighted by atomic mass is 19.2.